The molecule has 0 fully saturated rings. The van der Waals surface area contributed by atoms with Crippen LogP contribution in [0.1, 0.15) is 49.9 Å². The maximum atomic E-state index is 12.0. The summed E-state index contributed by atoms with van der Waals surface area (Å²) in [6.45, 7) is 11.8. The first kappa shape index (κ1) is 27.7. The smallest absolute Gasteiger partial charge is 0.872 e. The van der Waals surface area contributed by atoms with Crippen molar-refractivity contribution in [1.82, 2.24) is 0 Å². The minimum Gasteiger partial charge on any atom is -0.872 e. The first-order chi connectivity index (χ1) is 13.4. The van der Waals surface area contributed by atoms with Crippen molar-refractivity contribution >= 4 is 29.8 Å². The summed E-state index contributed by atoms with van der Waals surface area (Å²) in [5, 5.41) is 32.4. The van der Waals surface area contributed by atoms with Gasteiger partial charge in [-0.2, -0.15) is 5.16 Å². The van der Waals surface area contributed by atoms with Gasteiger partial charge in [-0.3, -0.25) is 9.98 Å². The van der Waals surface area contributed by atoms with Gasteiger partial charge >= 0.3 is 17.1 Å². The molecule has 0 radical (unpaired) electrons. The van der Waals surface area contributed by atoms with Gasteiger partial charge in [-0.25, -0.2) is 0 Å². The van der Waals surface area contributed by atoms with Gasteiger partial charge in [0.1, 0.15) is 0 Å². The molecule has 5 nitrogen and oxygen atoms in total. The number of isothiocyanates is 1. The summed E-state index contributed by atoms with van der Waals surface area (Å²) >= 11 is 3.70. The van der Waals surface area contributed by atoms with Crippen molar-refractivity contribution in [2.24, 2.45) is 9.98 Å². The Balaban J connectivity index is 0.00000198. The molecular formula is C23H26MnN3O2S. The fourth-order valence-corrected chi connectivity index (χ4v) is 2.32. The first-order valence-electron chi connectivity index (χ1n) is 9.10. The zero-order chi connectivity index (χ0) is 22.2. The fraction of sp³-hybridized carbons (Fsp3) is 0.348. The van der Waals surface area contributed by atoms with Crippen molar-refractivity contribution in [2.45, 2.75) is 52.6 Å². The van der Waals surface area contributed by atoms with Crippen LogP contribution in [0.3, 0.4) is 0 Å². The molecule has 0 saturated carbocycles. The van der Waals surface area contributed by atoms with Crippen LogP contribution in [0.25, 0.3) is 5.41 Å². The second-order valence-electron chi connectivity index (χ2n) is 7.81. The Hall–Kier alpha value is -2.30. The Morgan fingerprint density at radius 1 is 0.833 bits per heavy atom. The average Bonchev–Trinajstić information content (AvgIpc) is 2.64. The van der Waals surface area contributed by atoms with Gasteiger partial charge in [-0.05, 0) is 52.7 Å². The minimum atomic E-state index is -0.563. The van der Waals surface area contributed by atoms with E-state index in [0.717, 1.165) is 11.1 Å². The number of thiocarbonyl (C=S) groups is 1. The zero-order valence-corrected chi connectivity index (χ0v) is 20.1. The second kappa shape index (κ2) is 11.8. The molecule has 0 amide bonds. The largest absolute Gasteiger partial charge is 3.00 e. The predicted octanol–water partition coefficient (Wildman–Crippen LogP) is 4.20. The Morgan fingerprint density at radius 3 is 1.43 bits per heavy atom. The molecule has 0 N–H and O–H groups in total. The molecule has 2 rings (SSSR count). The fourth-order valence-electron chi connectivity index (χ4n) is 2.32. The van der Waals surface area contributed by atoms with Crippen LogP contribution in [0.4, 0.5) is 0 Å². The summed E-state index contributed by atoms with van der Waals surface area (Å²) in [6, 6.07) is 10.4. The van der Waals surface area contributed by atoms with E-state index in [-0.39, 0.29) is 28.6 Å². The number of benzene rings is 2. The van der Waals surface area contributed by atoms with Crippen molar-refractivity contribution in [3.05, 3.63) is 64.1 Å². The summed E-state index contributed by atoms with van der Waals surface area (Å²) in [7, 11) is 0. The van der Waals surface area contributed by atoms with Gasteiger partial charge in [0.2, 0.25) is 0 Å². The summed E-state index contributed by atoms with van der Waals surface area (Å²) < 4.78 is 0. The Kier molecular flexibility index (Phi) is 10.9. The van der Waals surface area contributed by atoms with Crippen LogP contribution in [0, 0.1) is 13.8 Å². The monoisotopic (exact) mass is 463 g/mol. The van der Waals surface area contributed by atoms with Crippen LogP contribution in [0.5, 0.6) is 11.5 Å². The van der Waals surface area contributed by atoms with Crippen LogP contribution in [0.15, 0.2) is 46.4 Å². The summed E-state index contributed by atoms with van der Waals surface area (Å²) in [5.74, 6) is -0.0978. The van der Waals surface area contributed by atoms with E-state index in [1.54, 1.807) is 36.7 Å². The number of aryl methyl sites for hydroxylation is 2. The number of aliphatic imine (C=N–C) groups is 2. The Bertz CT molecular complexity index is 876. The summed E-state index contributed by atoms with van der Waals surface area (Å²) in [5.41, 5.74) is 2.04. The molecule has 30 heavy (non-hydrogen) atoms. The Labute approximate surface area is 195 Å². The maximum Gasteiger partial charge on any atom is 3.00 e. The van der Waals surface area contributed by atoms with E-state index in [2.05, 4.69) is 22.2 Å². The van der Waals surface area contributed by atoms with Crippen LogP contribution in [0.2, 0.25) is 0 Å². The van der Waals surface area contributed by atoms with Crippen LogP contribution in [-0.4, -0.2) is 28.7 Å². The molecule has 0 bridgehead atoms. The maximum absolute atomic E-state index is 12.0. The quantitative estimate of drug-likeness (QED) is 0.378. The van der Waals surface area contributed by atoms with Crippen molar-refractivity contribution in [3.63, 3.8) is 0 Å². The van der Waals surface area contributed by atoms with Gasteiger partial charge < -0.3 is 15.6 Å². The zero-order valence-electron chi connectivity index (χ0n) is 18.1. The van der Waals surface area contributed by atoms with Gasteiger partial charge in [0.25, 0.3) is 0 Å². The van der Waals surface area contributed by atoms with Crippen molar-refractivity contribution < 1.29 is 27.3 Å². The SMILES string of the molecule is Cc1ccc([O-])c(C=NC(C)(C)C(C)(C)N=Cc2cc(C)ccc2[O-])c1.[Mn+3].[N-]=C=S. The van der Waals surface area contributed by atoms with Gasteiger partial charge in [-0.15, -0.1) is 11.5 Å². The molecule has 0 spiro atoms. The van der Waals surface area contributed by atoms with Crippen LogP contribution < -0.4 is 10.2 Å². The normalized spacial score (nSPS) is 11.5. The van der Waals surface area contributed by atoms with Crippen molar-refractivity contribution in [3.8, 4) is 11.5 Å². The van der Waals surface area contributed by atoms with E-state index in [4.69, 9.17) is 5.41 Å². The predicted molar refractivity (Wildman–Crippen MR) is 121 cm³/mol. The van der Waals surface area contributed by atoms with Crippen LogP contribution >= 0.6 is 12.2 Å². The summed E-state index contributed by atoms with van der Waals surface area (Å²) in [6.07, 6.45) is 3.25. The summed E-state index contributed by atoms with van der Waals surface area (Å²) in [4.78, 5) is 9.27. The van der Waals surface area contributed by atoms with Crippen LogP contribution in [-0.2, 0) is 17.1 Å². The molecule has 0 unspecified atom stereocenters. The van der Waals surface area contributed by atoms with Crippen molar-refractivity contribution in [1.29, 1.82) is 0 Å². The molecule has 7 heteroatoms. The van der Waals surface area contributed by atoms with Gasteiger partial charge in [0.05, 0.1) is 11.1 Å². The van der Waals surface area contributed by atoms with E-state index in [0.29, 0.717) is 11.1 Å². The topological polar surface area (TPSA) is 93.1 Å². The van der Waals surface area contributed by atoms with E-state index < -0.39 is 11.1 Å². The first-order valence-corrected chi connectivity index (χ1v) is 9.51. The van der Waals surface area contributed by atoms with E-state index >= 15 is 0 Å². The van der Waals surface area contributed by atoms with E-state index in [1.807, 2.05) is 53.7 Å². The van der Waals surface area contributed by atoms with Crippen molar-refractivity contribution in [2.75, 3.05) is 0 Å². The van der Waals surface area contributed by atoms with Gasteiger partial charge in [0.15, 0.2) is 0 Å². The Morgan fingerprint density at radius 2 is 1.13 bits per heavy atom. The molecule has 0 atom stereocenters. The number of hydrogen-bond acceptors (Lipinski definition) is 5. The average molecular weight is 463 g/mol. The third-order valence-electron chi connectivity index (χ3n) is 4.88. The molecule has 0 aromatic heterocycles. The minimum absolute atomic E-state index is 0. The van der Waals surface area contributed by atoms with E-state index in [9.17, 15) is 10.2 Å². The molecule has 0 aliphatic carbocycles. The third-order valence-corrected chi connectivity index (χ3v) is 4.88. The number of hydrogen-bond donors (Lipinski definition) is 0. The molecule has 0 aliphatic heterocycles. The molecule has 0 saturated heterocycles. The van der Waals surface area contributed by atoms with Gasteiger partial charge in [0, 0.05) is 12.4 Å². The molecule has 2 aromatic rings. The van der Waals surface area contributed by atoms with E-state index in [1.165, 1.54) is 5.16 Å². The standard InChI is InChI=1S/C22H28N2O2.CNS.Mn/c1-15-7-9-19(25)17(11-15)13-23-21(3,4)22(5,6)24-14-18-12-16(2)8-10-20(18)26;2-1-3;/h7-14,25-26H,1-6H3;;/q;-1;+3/p-2. The van der Waals surface area contributed by atoms with Gasteiger partial charge in [-0.1, -0.05) is 59.7 Å². The molecule has 0 aliphatic rings. The number of rotatable bonds is 5. The molecule has 0 heterocycles. The molecular weight excluding hydrogens is 437 g/mol. The molecule has 158 valence electrons. The molecule has 2 aromatic carbocycles. The third kappa shape index (κ3) is 7.85. The second-order valence-corrected chi connectivity index (χ2v) is 7.99. The number of nitrogens with zero attached hydrogens (tertiary/aromatic N) is 3.